The number of aromatic nitrogens is 3. The molecule has 2 heterocycles. The topological polar surface area (TPSA) is 93.6 Å². The molecule has 0 atom stereocenters. The summed E-state index contributed by atoms with van der Waals surface area (Å²) in [7, 11) is 0. The summed E-state index contributed by atoms with van der Waals surface area (Å²) in [5, 5.41) is 0. The number of nitrogen functional groups attached to an aromatic ring is 2. The number of aromatic amines is 1. The number of fused-ring (bicyclic) bond motifs is 1. The van der Waals surface area contributed by atoms with E-state index in [4.69, 9.17) is 11.5 Å². The van der Waals surface area contributed by atoms with Gasteiger partial charge in [-0.25, -0.2) is 9.97 Å². The number of hydrogen-bond acceptors (Lipinski definition) is 4. The molecule has 2 aromatic rings. The average Bonchev–Trinajstić information content (AvgIpc) is 2.55. The third-order valence-electron chi connectivity index (χ3n) is 1.45. The summed E-state index contributed by atoms with van der Waals surface area (Å²) in [5.41, 5.74) is 12.5. The van der Waals surface area contributed by atoms with Crippen molar-refractivity contribution >= 4 is 22.7 Å². The molecule has 70 valence electrons. The fourth-order valence-electron chi connectivity index (χ4n) is 0.991. The largest absolute Gasteiger partial charge is 0.384 e. The summed E-state index contributed by atoms with van der Waals surface area (Å²) in [5.74, 6) is 0.764. The molecule has 2 rings (SSSR count). The van der Waals surface area contributed by atoms with Gasteiger partial charge in [0.1, 0.15) is 11.3 Å². The molecule has 2 aromatic heterocycles. The lowest BCUT2D eigenvalue weighted by molar-refractivity contribution is 1.34. The molecule has 0 amide bonds. The second kappa shape index (κ2) is 3.75. The monoisotopic (exact) mass is 179 g/mol. The normalized spacial score (nSPS) is 9.38. The van der Waals surface area contributed by atoms with Crippen LogP contribution in [0, 0.1) is 0 Å². The minimum atomic E-state index is 0.362. The van der Waals surface area contributed by atoms with Gasteiger partial charge in [0.2, 0.25) is 0 Å². The fraction of sp³-hybridized carbons (Fsp3) is 0.250. The lowest BCUT2D eigenvalue weighted by Crippen LogP contribution is -1.96. The van der Waals surface area contributed by atoms with E-state index < -0.39 is 0 Å². The average molecular weight is 179 g/mol. The molecule has 0 fully saturated rings. The Morgan fingerprint density at radius 3 is 2.69 bits per heavy atom. The van der Waals surface area contributed by atoms with Crippen LogP contribution in [0.5, 0.6) is 0 Å². The summed E-state index contributed by atoms with van der Waals surface area (Å²) in [6.45, 7) is 4.00. The summed E-state index contributed by atoms with van der Waals surface area (Å²) in [4.78, 5) is 10.7. The molecule has 0 saturated heterocycles. The number of nitrogens with two attached hydrogens (primary N) is 2. The third kappa shape index (κ3) is 1.69. The Balaban J connectivity index is 0.000000396. The van der Waals surface area contributed by atoms with Crippen molar-refractivity contribution < 1.29 is 0 Å². The standard InChI is InChI=1S/C6H7N5.C2H6/c7-4-1-3-5(6(8)11-4)10-2-9-3;1-2/h1-2H,(H,9,10)(H4,7,8,11);1-2H3. The Bertz CT molecular complexity index is 392. The SMILES string of the molecule is CC.Nc1cc2[nH]cnc2c(N)n1. The summed E-state index contributed by atoms with van der Waals surface area (Å²) < 4.78 is 0. The van der Waals surface area contributed by atoms with Gasteiger partial charge in [-0.2, -0.15) is 0 Å². The lowest BCUT2D eigenvalue weighted by Gasteiger charge is -1.95. The van der Waals surface area contributed by atoms with Crippen LogP contribution in [0.2, 0.25) is 0 Å². The molecule has 0 aliphatic heterocycles. The van der Waals surface area contributed by atoms with E-state index in [0.29, 0.717) is 17.2 Å². The van der Waals surface area contributed by atoms with Crippen molar-refractivity contribution in [2.45, 2.75) is 13.8 Å². The molecule has 0 unspecified atom stereocenters. The summed E-state index contributed by atoms with van der Waals surface area (Å²) >= 11 is 0. The molecule has 5 heteroatoms. The van der Waals surface area contributed by atoms with E-state index in [0.717, 1.165) is 5.52 Å². The van der Waals surface area contributed by atoms with Crippen LogP contribution in [0.15, 0.2) is 12.4 Å². The van der Waals surface area contributed by atoms with Gasteiger partial charge < -0.3 is 16.5 Å². The second-order valence-corrected chi connectivity index (χ2v) is 2.23. The third-order valence-corrected chi connectivity index (χ3v) is 1.45. The van der Waals surface area contributed by atoms with Gasteiger partial charge in [-0.15, -0.1) is 0 Å². The van der Waals surface area contributed by atoms with Crippen molar-refractivity contribution in [1.29, 1.82) is 0 Å². The Hall–Kier alpha value is -1.78. The first kappa shape index (κ1) is 9.31. The molecule has 13 heavy (non-hydrogen) atoms. The zero-order chi connectivity index (χ0) is 9.84. The highest BCUT2D eigenvalue weighted by Gasteiger charge is 2.01. The van der Waals surface area contributed by atoms with Gasteiger partial charge in [0.15, 0.2) is 5.82 Å². The Morgan fingerprint density at radius 1 is 1.31 bits per heavy atom. The minimum Gasteiger partial charge on any atom is -0.384 e. The van der Waals surface area contributed by atoms with Crippen LogP contribution in [-0.4, -0.2) is 15.0 Å². The van der Waals surface area contributed by atoms with Crippen LogP contribution < -0.4 is 11.5 Å². The highest BCUT2D eigenvalue weighted by molar-refractivity contribution is 5.86. The number of rotatable bonds is 0. The van der Waals surface area contributed by atoms with E-state index >= 15 is 0 Å². The molecular weight excluding hydrogens is 166 g/mol. The molecule has 0 aliphatic carbocycles. The smallest absolute Gasteiger partial charge is 0.154 e. The number of nitrogens with zero attached hydrogens (tertiary/aromatic N) is 2. The number of hydrogen-bond donors (Lipinski definition) is 3. The lowest BCUT2D eigenvalue weighted by atomic mass is 10.4. The van der Waals surface area contributed by atoms with Gasteiger partial charge in [0.05, 0.1) is 11.8 Å². The van der Waals surface area contributed by atoms with Crippen LogP contribution in [0.3, 0.4) is 0 Å². The van der Waals surface area contributed by atoms with Crippen molar-refractivity contribution in [3.63, 3.8) is 0 Å². The van der Waals surface area contributed by atoms with E-state index in [1.165, 1.54) is 0 Å². The van der Waals surface area contributed by atoms with Gasteiger partial charge in [-0.1, -0.05) is 13.8 Å². The first-order valence-corrected chi connectivity index (χ1v) is 4.12. The van der Waals surface area contributed by atoms with Gasteiger partial charge in [0.25, 0.3) is 0 Å². The second-order valence-electron chi connectivity index (χ2n) is 2.23. The summed E-state index contributed by atoms with van der Waals surface area (Å²) in [6.07, 6.45) is 1.56. The molecule has 5 N–H and O–H groups in total. The predicted molar refractivity (Wildman–Crippen MR) is 54.1 cm³/mol. The maximum Gasteiger partial charge on any atom is 0.154 e. The van der Waals surface area contributed by atoms with Crippen LogP contribution >= 0.6 is 0 Å². The first-order valence-electron chi connectivity index (χ1n) is 4.12. The number of H-pyrrole nitrogens is 1. The van der Waals surface area contributed by atoms with Crippen LogP contribution in [-0.2, 0) is 0 Å². The highest BCUT2D eigenvalue weighted by atomic mass is 15.0. The minimum absolute atomic E-state index is 0.362. The molecule has 0 radical (unpaired) electrons. The number of anilines is 2. The zero-order valence-electron chi connectivity index (χ0n) is 7.70. The molecule has 0 aromatic carbocycles. The molecule has 0 spiro atoms. The molecule has 5 nitrogen and oxygen atoms in total. The van der Waals surface area contributed by atoms with Gasteiger partial charge in [0, 0.05) is 6.07 Å². The molecule has 0 bridgehead atoms. The molecular formula is C8H13N5. The van der Waals surface area contributed by atoms with Crippen LogP contribution in [0.4, 0.5) is 11.6 Å². The fourth-order valence-corrected chi connectivity index (χ4v) is 0.991. The predicted octanol–water partition coefficient (Wildman–Crippen LogP) is 1.15. The Labute approximate surface area is 76.2 Å². The van der Waals surface area contributed by atoms with E-state index in [9.17, 15) is 0 Å². The van der Waals surface area contributed by atoms with E-state index in [1.54, 1.807) is 12.4 Å². The van der Waals surface area contributed by atoms with Crippen molar-refractivity contribution in [3.05, 3.63) is 12.4 Å². The van der Waals surface area contributed by atoms with Crippen LogP contribution in [0.25, 0.3) is 11.0 Å². The van der Waals surface area contributed by atoms with Crippen molar-refractivity contribution in [2.24, 2.45) is 0 Å². The van der Waals surface area contributed by atoms with E-state index in [1.807, 2.05) is 13.8 Å². The first-order chi connectivity index (χ1) is 6.27. The quantitative estimate of drug-likeness (QED) is 0.565. The van der Waals surface area contributed by atoms with Crippen LogP contribution in [0.1, 0.15) is 13.8 Å². The van der Waals surface area contributed by atoms with Gasteiger partial charge in [-0.05, 0) is 0 Å². The zero-order valence-corrected chi connectivity index (χ0v) is 7.70. The maximum atomic E-state index is 5.53. The summed E-state index contributed by atoms with van der Waals surface area (Å²) in [6, 6.07) is 1.69. The molecule has 0 saturated carbocycles. The maximum absolute atomic E-state index is 5.53. The van der Waals surface area contributed by atoms with Gasteiger partial charge >= 0.3 is 0 Å². The molecule has 0 aliphatic rings. The van der Waals surface area contributed by atoms with E-state index in [-0.39, 0.29) is 0 Å². The number of nitrogens with one attached hydrogen (secondary N) is 1. The number of pyridine rings is 1. The van der Waals surface area contributed by atoms with Crippen molar-refractivity contribution in [2.75, 3.05) is 11.5 Å². The van der Waals surface area contributed by atoms with E-state index in [2.05, 4.69) is 15.0 Å². The van der Waals surface area contributed by atoms with Crippen molar-refractivity contribution in [3.8, 4) is 0 Å². The van der Waals surface area contributed by atoms with Gasteiger partial charge in [-0.3, -0.25) is 0 Å². The van der Waals surface area contributed by atoms with Crippen molar-refractivity contribution in [1.82, 2.24) is 15.0 Å². The Morgan fingerprint density at radius 2 is 2.00 bits per heavy atom. The highest BCUT2D eigenvalue weighted by Crippen LogP contribution is 2.16. The Kier molecular flexibility index (Phi) is 2.69. The number of imidazole rings is 1.